The summed E-state index contributed by atoms with van der Waals surface area (Å²) in [5, 5.41) is 11.0. The Kier molecular flexibility index (Phi) is 5.22. The molecule has 0 bridgehead atoms. The Bertz CT molecular complexity index is 485. The maximum absolute atomic E-state index is 12.7. The monoisotopic (exact) mass is 310 g/mol. The quantitative estimate of drug-likeness (QED) is 0.842. The van der Waals surface area contributed by atoms with Gasteiger partial charge in [-0.25, -0.2) is 4.79 Å². The van der Waals surface area contributed by atoms with Crippen LogP contribution < -0.4 is 0 Å². The minimum Gasteiger partial charge on any atom is -0.481 e. The highest BCUT2D eigenvalue weighted by atomic mass is 32.1. The third-order valence-electron chi connectivity index (χ3n) is 3.71. The van der Waals surface area contributed by atoms with Crippen molar-refractivity contribution >= 4 is 23.3 Å². The fraction of sp³-hybridized carbons (Fsp3) is 0.600. The fourth-order valence-corrected chi connectivity index (χ4v) is 2.95. The molecule has 21 heavy (non-hydrogen) atoms. The average molecular weight is 310 g/mol. The van der Waals surface area contributed by atoms with Gasteiger partial charge in [-0.2, -0.15) is 0 Å². The number of amides is 2. The molecule has 0 aromatic carbocycles. The predicted molar refractivity (Wildman–Crippen MR) is 82.3 cm³/mol. The van der Waals surface area contributed by atoms with Gasteiger partial charge >= 0.3 is 12.0 Å². The van der Waals surface area contributed by atoms with Crippen molar-refractivity contribution in [1.29, 1.82) is 0 Å². The number of hydrogen-bond acceptors (Lipinski definition) is 3. The van der Waals surface area contributed by atoms with E-state index in [0.717, 1.165) is 17.7 Å². The summed E-state index contributed by atoms with van der Waals surface area (Å²) >= 11 is 1.65. The molecule has 6 heteroatoms. The van der Waals surface area contributed by atoms with E-state index >= 15 is 0 Å². The first kappa shape index (κ1) is 15.8. The predicted octanol–water partition coefficient (Wildman–Crippen LogP) is 2.88. The van der Waals surface area contributed by atoms with E-state index in [1.165, 1.54) is 0 Å². The normalized spacial score (nSPS) is 15.5. The second-order valence-electron chi connectivity index (χ2n) is 5.50. The molecule has 2 rings (SSSR count). The molecule has 116 valence electrons. The molecule has 1 unspecified atom stereocenters. The number of thiophene rings is 1. The summed E-state index contributed by atoms with van der Waals surface area (Å²) < 4.78 is 0. The summed E-state index contributed by atoms with van der Waals surface area (Å²) in [4.78, 5) is 28.4. The van der Waals surface area contributed by atoms with Crippen molar-refractivity contribution in [2.45, 2.75) is 39.3 Å². The van der Waals surface area contributed by atoms with Crippen molar-refractivity contribution < 1.29 is 14.7 Å². The molecule has 1 N–H and O–H groups in total. The van der Waals surface area contributed by atoms with Gasteiger partial charge in [0.05, 0.1) is 12.5 Å². The molecule has 1 aliphatic carbocycles. The zero-order valence-electron chi connectivity index (χ0n) is 12.5. The third-order valence-corrected chi connectivity index (χ3v) is 4.57. The Labute approximate surface area is 129 Å². The highest BCUT2D eigenvalue weighted by molar-refractivity contribution is 7.09. The lowest BCUT2D eigenvalue weighted by Crippen LogP contribution is -2.46. The van der Waals surface area contributed by atoms with E-state index in [2.05, 4.69) is 0 Å². The van der Waals surface area contributed by atoms with Crippen LogP contribution in [-0.4, -0.2) is 46.0 Å². The summed E-state index contributed by atoms with van der Waals surface area (Å²) in [6.45, 7) is 4.95. The number of carbonyl (C=O) groups excluding carboxylic acids is 1. The van der Waals surface area contributed by atoms with Crippen molar-refractivity contribution in [3.05, 3.63) is 22.4 Å². The van der Waals surface area contributed by atoms with E-state index in [1.54, 1.807) is 23.2 Å². The van der Waals surface area contributed by atoms with E-state index in [4.69, 9.17) is 5.11 Å². The molecule has 1 fully saturated rings. The summed E-state index contributed by atoms with van der Waals surface area (Å²) in [5.74, 6) is -1.41. The lowest BCUT2D eigenvalue weighted by atomic mass is 10.2. The zero-order valence-corrected chi connectivity index (χ0v) is 13.3. The first-order valence-corrected chi connectivity index (χ1v) is 8.21. The van der Waals surface area contributed by atoms with Crippen LogP contribution in [0.1, 0.15) is 31.6 Å². The van der Waals surface area contributed by atoms with E-state index in [1.807, 2.05) is 29.3 Å². The van der Waals surface area contributed by atoms with E-state index in [9.17, 15) is 9.59 Å². The molecule has 1 aliphatic rings. The van der Waals surface area contributed by atoms with Gasteiger partial charge in [0.2, 0.25) is 0 Å². The number of carboxylic acid groups (broad SMARTS) is 1. The molecule has 1 heterocycles. The minimum atomic E-state index is -0.863. The Morgan fingerprint density at radius 2 is 2.19 bits per heavy atom. The third kappa shape index (κ3) is 4.20. The van der Waals surface area contributed by atoms with Gasteiger partial charge in [-0.3, -0.25) is 4.79 Å². The van der Waals surface area contributed by atoms with Crippen LogP contribution in [0.4, 0.5) is 4.79 Å². The highest BCUT2D eigenvalue weighted by Crippen LogP contribution is 2.30. The van der Waals surface area contributed by atoms with Gasteiger partial charge < -0.3 is 14.9 Å². The van der Waals surface area contributed by atoms with Gasteiger partial charge in [-0.1, -0.05) is 13.0 Å². The van der Waals surface area contributed by atoms with Crippen molar-refractivity contribution in [2.75, 3.05) is 13.1 Å². The van der Waals surface area contributed by atoms with Gasteiger partial charge in [0.25, 0.3) is 0 Å². The van der Waals surface area contributed by atoms with Crippen LogP contribution in [0, 0.1) is 5.92 Å². The largest absolute Gasteiger partial charge is 0.481 e. The first-order chi connectivity index (χ1) is 10.0. The Hall–Kier alpha value is -1.56. The Morgan fingerprint density at radius 3 is 2.67 bits per heavy atom. The number of carbonyl (C=O) groups is 2. The summed E-state index contributed by atoms with van der Waals surface area (Å²) in [5.41, 5.74) is 0. The van der Waals surface area contributed by atoms with Gasteiger partial charge in [0.1, 0.15) is 0 Å². The number of rotatable bonds is 7. The van der Waals surface area contributed by atoms with Gasteiger partial charge in [-0.05, 0) is 31.2 Å². The van der Waals surface area contributed by atoms with Crippen LogP contribution in [-0.2, 0) is 11.3 Å². The molecular weight excluding hydrogens is 288 g/mol. The maximum atomic E-state index is 12.7. The summed E-state index contributed by atoms with van der Waals surface area (Å²) in [6, 6.07) is 4.29. The molecular formula is C15H22N2O3S. The van der Waals surface area contributed by atoms with Crippen LogP contribution in [0.15, 0.2) is 17.5 Å². The SMILES string of the molecule is CCN(CC(C)C(=O)O)C(=O)N(Cc1cccs1)C1CC1. The summed E-state index contributed by atoms with van der Waals surface area (Å²) in [7, 11) is 0. The second-order valence-corrected chi connectivity index (χ2v) is 6.53. The average Bonchev–Trinajstić information content (AvgIpc) is 3.17. The van der Waals surface area contributed by atoms with Crippen LogP contribution >= 0.6 is 11.3 Å². The molecule has 0 radical (unpaired) electrons. The van der Waals surface area contributed by atoms with Gasteiger partial charge in [0.15, 0.2) is 0 Å². The number of carboxylic acids is 1. The molecule has 1 saturated carbocycles. The molecule has 1 aromatic rings. The van der Waals surface area contributed by atoms with Crippen molar-refractivity contribution in [1.82, 2.24) is 9.80 Å². The fourth-order valence-electron chi connectivity index (χ4n) is 2.24. The number of urea groups is 1. The minimum absolute atomic E-state index is 0.0403. The van der Waals surface area contributed by atoms with Crippen molar-refractivity contribution in [2.24, 2.45) is 5.92 Å². The summed E-state index contributed by atoms with van der Waals surface area (Å²) in [6.07, 6.45) is 2.09. The lowest BCUT2D eigenvalue weighted by Gasteiger charge is -2.31. The van der Waals surface area contributed by atoms with Crippen LogP contribution in [0.3, 0.4) is 0 Å². The smallest absolute Gasteiger partial charge is 0.320 e. The molecule has 1 aromatic heterocycles. The maximum Gasteiger partial charge on any atom is 0.320 e. The number of hydrogen-bond donors (Lipinski definition) is 1. The van der Waals surface area contributed by atoms with Crippen molar-refractivity contribution in [3.8, 4) is 0 Å². The molecule has 0 spiro atoms. The van der Waals surface area contributed by atoms with Gasteiger partial charge in [0, 0.05) is 24.0 Å². The molecule has 1 atom stereocenters. The number of nitrogens with zero attached hydrogens (tertiary/aromatic N) is 2. The topological polar surface area (TPSA) is 60.9 Å². The zero-order chi connectivity index (χ0) is 15.4. The van der Waals surface area contributed by atoms with Gasteiger partial charge in [-0.15, -0.1) is 11.3 Å². The van der Waals surface area contributed by atoms with Crippen LogP contribution in [0.2, 0.25) is 0 Å². The highest BCUT2D eigenvalue weighted by Gasteiger charge is 2.35. The standard InChI is InChI=1S/C15H22N2O3S/c1-3-16(9-11(2)14(18)19)15(20)17(12-6-7-12)10-13-5-4-8-21-13/h4-5,8,11-12H,3,6-7,9-10H2,1-2H3,(H,18,19). The Balaban J connectivity index is 2.03. The van der Waals surface area contributed by atoms with Crippen LogP contribution in [0.5, 0.6) is 0 Å². The second kappa shape index (κ2) is 6.93. The lowest BCUT2D eigenvalue weighted by molar-refractivity contribution is -0.141. The molecule has 0 saturated heterocycles. The van der Waals surface area contributed by atoms with E-state index < -0.39 is 11.9 Å². The van der Waals surface area contributed by atoms with Crippen LogP contribution in [0.25, 0.3) is 0 Å². The van der Waals surface area contributed by atoms with E-state index in [-0.39, 0.29) is 12.6 Å². The van der Waals surface area contributed by atoms with Crippen molar-refractivity contribution in [3.63, 3.8) is 0 Å². The van der Waals surface area contributed by atoms with E-state index in [0.29, 0.717) is 19.1 Å². The molecule has 2 amide bonds. The Morgan fingerprint density at radius 1 is 1.48 bits per heavy atom. The molecule has 5 nitrogen and oxygen atoms in total. The molecule has 0 aliphatic heterocycles. The first-order valence-electron chi connectivity index (χ1n) is 7.33. The number of aliphatic carboxylic acids is 1.